The number of methoxy groups -OCH3 is 1. The maximum absolute atomic E-state index is 12.7. The molecule has 2 atom stereocenters. The highest BCUT2D eigenvalue weighted by Crippen LogP contribution is 2.29. The number of likely N-dealkylation sites (tertiary alicyclic amines) is 1. The van der Waals surface area contributed by atoms with Crippen LogP contribution < -0.4 is 5.73 Å². The molecule has 0 saturated carbocycles. The number of nitrogens with zero attached hydrogens (tertiary/aromatic N) is 1. The van der Waals surface area contributed by atoms with Gasteiger partial charge in [0.25, 0.3) is 5.91 Å². The molecule has 1 heterocycles. The number of carbonyl (C=O) groups excluding carboxylic acids is 1. The van der Waals surface area contributed by atoms with Gasteiger partial charge in [-0.1, -0.05) is 17.7 Å². The number of amides is 1. The number of rotatable bonds is 3. The first-order valence-electron chi connectivity index (χ1n) is 6.56. The Bertz CT molecular complexity index is 502. The van der Waals surface area contributed by atoms with E-state index in [1.165, 1.54) is 0 Å². The molecule has 1 aliphatic rings. The van der Waals surface area contributed by atoms with Crippen molar-refractivity contribution in [3.8, 4) is 0 Å². The topological polar surface area (TPSA) is 55.6 Å². The van der Waals surface area contributed by atoms with E-state index in [4.69, 9.17) is 22.1 Å². The molecule has 2 unspecified atom stereocenters. The second-order valence-electron chi connectivity index (χ2n) is 4.87. The molecule has 1 aromatic carbocycles. The summed E-state index contributed by atoms with van der Waals surface area (Å²) in [7, 11) is 1.70. The first kappa shape index (κ1) is 18.7. The van der Waals surface area contributed by atoms with Gasteiger partial charge in [0.05, 0.1) is 16.7 Å². The van der Waals surface area contributed by atoms with Crippen LogP contribution in [0.3, 0.4) is 0 Å². The Morgan fingerprint density at radius 2 is 2.29 bits per heavy atom. The number of benzene rings is 1. The van der Waals surface area contributed by atoms with Gasteiger partial charge in [-0.15, -0.1) is 12.4 Å². The number of halogens is 3. The van der Waals surface area contributed by atoms with Crippen molar-refractivity contribution in [1.29, 1.82) is 0 Å². The van der Waals surface area contributed by atoms with Crippen LogP contribution >= 0.6 is 39.9 Å². The Labute approximate surface area is 144 Å². The zero-order chi connectivity index (χ0) is 14.7. The Kier molecular flexibility index (Phi) is 7.44. The molecule has 4 nitrogen and oxygen atoms in total. The average Bonchev–Trinajstić information content (AvgIpc) is 2.48. The lowest BCUT2D eigenvalue weighted by Crippen LogP contribution is -2.51. The Hall–Kier alpha value is -0.330. The van der Waals surface area contributed by atoms with Gasteiger partial charge in [-0.25, -0.2) is 0 Å². The van der Waals surface area contributed by atoms with Gasteiger partial charge >= 0.3 is 0 Å². The van der Waals surface area contributed by atoms with Gasteiger partial charge in [-0.3, -0.25) is 4.79 Å². The molecule has 1 amide bonds. The molecule has 0 aliphatic carbocycles. The highest BCUT2D eigenvalue weighted by Gasteiger charge is 2.32. The SMILES string of the molecule is COC1CCN(C(=O)c2cccc(Br)c2Cl)C(CN)C1.Cl. The fourth-order valence-corrected chi connectivity index (χ4v) is 3.12. The van der Waals surface area contributed by atoms with E-state index in [0.29, 0.717) is 23.7 Å². The second kappa shape index (κ2) is 8.34. The highest BCUT2D eigenvalue weighted by atomic mass is 79.9. The van der Waals surface area contributed by atoms with E-state index >= 15 is 0 Å². The third kappa shape index (κ3) is 4.11. The molecule has 2 N–H and O–H groups in total. The van der Waals surface area contributed by atoms with Crippen LogP contribution in [0.5, 0.6) is 0 Å². The van der Waals surface area contributed by atoms with Crippen LogP contribution in [0, 0.1) is 0 Å². The van der Waals surface area contributed by atoms with Gasteiger partial charge in [-0.05, 0) is 40.9 Å². The number of hydrogen-bond donors (Lipinski definition) is 1. The molecule has 0 bridgehead atoms. The summed E-state index contributed by atoms with van der Waals surface area (Å²) in [6.07, 6.45) is 1.76. The van der Waals surface area contributed by atoms with Gasteiger partial charge in [0.15, 0.2) is 0 Å². The smallest absolute Gasteiger partial charge is 0.255 e. The van der Waals surface area contributed by atoms with Crippen LogP contribution in [0.15, 0.2) is 22.7 Å². The summed E-state index contributed by atoms with van der Waals surface area (Å²) in [6, 6.07) is 5.36. The summed E-state index contributed by atoms with van der Waals surface area (Å²) in [5.41, 5.74) is 6.31. The predicted octanol–water partition coefficient (Wildman–Crippen LogP) is 3.10. The van der Waals surface area contributed by atoms with E-state index in [-0.39, 0.29) is 30.5 Å². The van der Waals surface area contributed by atoms with E-state index in [0.717, 1.165) is 17.3 Å². The molecule has 2 rings (SSSR count). The van der Waals surface area contributed by atoms with Crippen molar-refractivity contribution in [2.45, 2.75) is 25.0 Å². The van der Waals surface area contributed by atoms with Crippen LogP contribution in [0.2, 0.25) is 5.02 Å². The molecule has 1 saturated heterocycles. The number of piperidine rings is 1. The third-order valence-corrected chi connectivity index (χ3v) is 5.01. The van der Waals surface area contributed by atoms with Crippen molar-refractivity contribution in [1.82, 2.24) is 4.90 Å². The fraction of sp³-hybridized carbons (Fsp3) is 0.500. The molecule has 0 aromatic heterocycles. The normalized spacial score (nSPS) is 21.8. The quantitative estimate of drug-likeness (QED) is 0.852. The van der Waals surface area contributed by atoms with Crippen molar-refractivity contribution >= 4 is 45.8 Å². The minimum atomic E-state index is -0.0682. The maximum atomic E-state index is 12.7. The van der Waals surface area contributed by atoms with Crippen molar-refractivity contribution in [3.63, 3.8) is 0 Å². The Morgan fingerprint density at radius 3 is 2.90 bits per heavy atom. The second-order valence-corrected chi connectivity index (χ2v) is 6.10. The lowest BCUT2D eigenvalue weighted by molar-refractivity contribution is 0.0139. The van der Waals surface area contributed by atoms with Crippen LogP contribution in [0.25, 0.3) is 0 Å². The number of hydrogen-bond acceptors (Lipinski definition) is 3. The summed E-state index contributed by atoms with van der Waals surface area (Å²) in [6.45, 7) is 1.07. The first-order chi connectivity index (χ1) is 9.58. The van der Waals surface area contributed by atoms with Gasteiger partial charge in [0.1, 0.15) is 0 Å². The van der Waals surface area contributed by atoms with Crippen LogP contribution in [-0.4, -0.2) is 43.2 Å². The molecule has 0 radical (unpaired) electrons. The van der Waals surface area contributed by atoms with Gasteiger partial charge in [0.2, 0.25) is 0 Å². The average molecular weight is 398 g/mol. The minimum absolute atomic E-state index is 0. The van der Waals surface area contributed by atoms with E-state index < -0.39 is 0 Å². The van der Waals surface area contributed by atoms with E-state index in [9.17, 15) is 4.79 Å². The summed E-state index contributed by atoms with van der Waals surface area (Å²) < 4.78 is 6.10. The number of carbonyl (C=O) groups is 1. The van der Waals surface area contributed by atoms with E-state index in [2.05, 4.69) is 15.9 Å². The molecule has 118 valence electrons. The molecule has 21 heavy (non-hydrogen) atoms. The van der Waals surface area contributed by atoms with E-state index in [1.807, 2.05) is 17.0 Å². The fourth-order valence-electron chi connectivity index (χ4n) is 2.54. The molecule has 7 heteroatoms. The summed E-state index contributed by atoms with van der Waals surface area (Å²) in [5, 5.41) is 0.446. The zero-order valence-electron chi connectivity index (χ0n) is 11.7. The molecule has 1 fully saturated rings. The zero-order valence-corrected chi connectivity index (χ0v) is 14.9. The Morgan fingerprint density at radius 1 is 1.57 bits per heavy atom. The summed E-state index contributed by atoms with van der Waals surface area (Å²) in [4.78, 5) is 14.5. The van der Waals surface area contributed by atoms with Crippen LogP contribution in [0.4, 0.5) is 0 Å². The van der Waals surface area contributed by atoms with Crippen molar-refractivity contribution in [2.75, 3.05) is 20.2 Å². The maximum Gasteiger partial charge on any atom is 0.255 e. The monoisotopic (exact) mass is 396 g/mol. The minimum Gasteiger partial charge on any atom is -0.381 e. The highest BCUT2D eigenvalue weighted by molar-refractivity contribution is 9.10. The van der Waals surface area contributed by atoms with Crippen molar-refractivity contribution < 1.29 is 9.53 Å². The van der Waals surface area contributed by atoms with Crippen LogP contribution in [-0.2, 0) is 4.74 Å². The van der Waals surface area contributed by atoms with E-state index in [1.54, 1.807) is 13.2 Å². The van der Waals surface area contributed by atoms with Crippen LogP contribution in [0.1, 0.15) is 23.2 Å². The molecule has 1 aliphatic heterocycles. The molecule has 1 aromatic rings. The van der Waals surface area contributed by atoms with Crippen molar-refractivity contribution in [2.24, 2.45) is 5.73 Å². The molecular weight excluding hydrogens is 379 g/mol. The number of nitrogens with two attached hydrogens (primary N) is 1. The standard InChI is InChI=1S/C14H18BrClN2O2.ClH/c1-20-10-5-6-18(9(7-10)8-17)14(19)11-3-2-4-12(15)13(11)16;/h2-4,9-10H,5-8,17H2,1H3;1H. The largest absolute Gasteiger partial charge is 0.381 e. The molecular formula is C14H19BrCl2N2O2. The Balaban J connectivity index is 0.00000220. The lowest BCUT2D eigenvalue weighted by atomic mass is 9.98. The third-order valence-electron chi connectivity index (χ3n) is 3.72. The number of ether oxygens (including phenoxy) is 1. The summed E-state index contributed by atoms with van der Waals surface area (Å²) >= 11 is 9.55. The summed E-state index contributed by atoms with van der Waals surface area (Å²) in [5.74, 6) is -0.0682. The van der Waals surface area contributed by atoms with Crippen molar-refractivity contribution in [3.05, 3.63) is 33.3 Å². The molecule has 0 spiro atoms. The van der Waals surface area contributed by atoms with Gasteiger partial charge in [-0.2, -0.15) is 0 Å². The predicted molar refractivity (Wildman–Crippen MR) is 90.3 cm³/mol. The van der Waals surface area contributed by atoms with Gasteiger partial charge in [0, 0.05) is 30.7 Å². The lowest BCUT2D eigenvalue weighted by Gasteiger charge is -2.38. The first-order valence-corrected chi connectivity index (χ1v) is 7.73. The van der Waals surface area contributed by atoms with Gasteiger partial charge < -0.3 is 15.4 Å².